The van der Waals surface area contributed by atoms with E-state index < -0.39 is 11.9 Å². The Hall–Kier alpha value is -3.80. The monoisotopic (exact) mass is 490 g/mol. The van der Waals surface area contributed by atoms with Gasteiger partial charge in [-0.05, 0) is 61.0 Å². The molecule has 0 aliphatic rings. The van der Waals surface area contributed by atoms with Crippen molar-refractivity contribution in [3.05, 3.63) is 83.9 Å². The van der Waals surface area contributed by atoms with E-state index in [4.69, 9.17) is 14.2 Å². The topological polar surface area (TPSA) is 82.1 Å². The average Bonchev–Trinajstić information content (AvgIpc) is 2.89. The summed E-state index contributed by atoms with van der Waals surface area (Å²) in [4.78, 5) is 25.6. The van der Waals surface area contributed by atoms with Crippen LogP contribution in [0, 0.1) is 0 Å². The second-order valence-corrected chi connectivity index (χ2v) is 8.62. The average molecular weight is 491 g/mol. The van der Waals surface area contributed by atoms with E-state index in [-0.39, 0.29) is 22.6 Å². The van der Waals surface area contributed by atoms with Crippen LogP contribution >= 0.6 is 0 Å². The van der Waals surface area contributed by atoms with Crippen LogP contribution in [0.1, 0.15) is 79.0 Å². The number of para-hydroxylation sites is 1. The van der Waals surface area contributed by atoms with Gasteiger partial charge in [0.05, 0.1) is 12.2 Å². The van der Waals surface area contributed by atoms with E-state index in [9.17, 15) is 14.7 Å². The molecule has 0 fully saturated rings. The number of phenols is 1. The van der Waals surface area contributed by atoms with Gasteiger partial charge >= 0.3 is 11.9 Å². The zero-order valence-corrected chi connectivity index (χ0v) is 20.8. The quantitative estimate of drug-likeness (QED) is 0.144. The molecule has 0 heterocycles. The number of esters is 2. The summed E-state index contributed by atoms with van der Waals surface area (Å²) < 4.78 is 16.9. The fourth-order valence-corrected chi connectivity index (χ4v) is 3.68. The number of ether oxygens (including phenoxy) is 3. The van der Waals surface area contributed by atoms with Crippen molar-refractivity contribution in [1.82, 2.24) is 0 Å². The molecule has 6 heteroatoms. The van der Waals surface area contributed by atoms with Crippen LogP contribution in [-0.2, 0) is 0 Å². The standard InChI is InChI=1S/C30H34O6/c1-2-3-4-5-6-7-8-12-21-34-26-19-20-28(36-29(32)23-15-17-24(31)18-16-23)27(22-26)30(33)35-25-13-10-9-11-14-25/h9-11,13-20,22,31H,2-8,12,21H2,1H3. The first kappa shape index (κ1) is 26.8. The molecule has 0 atom stereocenters. The van der Waals surface area contributed by atoms with Gasteiger partial charge in [0, 0.05) is 0 Å². The van der Waals surface area contributed by atoms with Crippen LogP contribution in [0.3, 0.4) is 0 Å². The summed E-state index contributed by atoms with van der Waals surface area (Å²) in [5.74, 6) is -0.334. The smallest absolute Gasteiger partial charge is 0.347 e. The van der Waals surface area contributed by atoms with Gasteiger partial charge in [0.2, 0.25) is 0 Å². The first-order chi connectivity index (χ1) is 17.6. The summed E-state index contributed by atoms with van der Waals surface area (Å²) in [5.41, 5.74) is 0.324. The maximum Gasteiger partial charge on any atom is 0.347 e. The molecule has 36 heavy (non-hydrogen) atoms. The molecule has 0 saturated carbocycles. The van der Waals surface area contributed by atoms with E-state index in [1.165, 1.54) is 74.9 Å². The van der Waals surface area contributed by atoms with E-state index >= 15 is 0 Å². The molecule has 0 aliphatic carbocycles. The van der Waals surface area contributed by atoms with Crippen LogP contribution < -0.4 is 14.2 Å². The Morgan fingerprint density at radius 2 is 1.36 bits per heavy atom. The van der Waals surface area contributed by atoms with Gasteiger partial charge in [-0.3, -0.25) is 0 Å². The number of phenolic OH excluding ortho intramolecular Hbond substituents is 1. The number of benzene rings is 3. The van der Waals surface area contributed by atoms with Crippen molar-refractivity contribution >= 4 is 11.9 Å². The number of rotatable bonds is 14. The summed E-state index contributed by atoms with van der Waals surface area (Å²) in [5, 5.41) is 9.45. The number of carbonyl (C=O) groups is 2. The predicted octanol–water partition coefficient (Wildman–Crippen LogP) is 7.35. The number of hydrogen-bond donors (Lipinski definition) is 1. The van der Waals surface area contributed by atoms with Crippen LogP contribution in [0.25, 0.3) is 0 Å². The van der Waals surface area contributed by atoms with Crippen LogP contribution in [0.2, 0.25) is 0 Å². The highest BCUT2D eigenvalue weighted by molar-refractivity contribution is 5.97. The Kier molecular flexibility index (Phi) is 10.8. The first-order valence-electron chi connectivity index (χ1n) is 12.6. The van der Waals surface area contributed by atoms with Crippen LogP contribution in [0.5, 0.6) is 23.0 Å². The van der Waals surface area contributed by atoms with Gasteiger partial charge < -0.3 is 19.3 Å². The lowest BCUT2D eigenvalue weighted by Gasteiger charge is -2.13. The van der Waals surface area contributed by atoms with E-state index in [1.54, 1.807) is 30.3 Å². The molecular weight excluding hydrogens is 456 g/mol. The summed E-state index contributed by atoms with van der Waals surface area (Å²) in [6.45, 7) is 2.76. The highest BCUT2D eigenvalue weighted by Gasteiger charge is 2.20. The van der Waals surface area contributed by atoms with Crippen LogP contribution in [-0.4, -0.2) is 23.7 Å². The lowest BCUT2D eigenvalue weighted by Crippen LogP contribution is -2.15. The number of unbranched alkanes of at least 4 members (excludes halogenated alkanes) is 7. The van der Waals surface area contributed by atoms with E-state index in [1.807, 2.05) is 6.07 Å². The van der Waals surface area contributed by atoms with Gasteiger partial charge in [-0.2, -0.15) is 0 Å². The zero-order chi connectivity index (χ0) is 25.6. The molecule has 0 amide bonds. The van der Waals surface area contributed by atoms with Crippen molar-refractivity contribution in [3.8, 4) is 23.0 Å². The van der Waals surface area contributed by atoms with Crippen molar-refractivity contribution in [2.75, 3.05) is 6.61 Å². The Labute approximate surface area is 212 Å². The van der Waals surface area contributed by atoms with Crippen molar-refractivity contribution in [3.63, 3.8) is 0 Å². The molecule has 3 rings (SSSR count). The maximum atomic E-state index is 13.0. The SMILES string of the molecule is CCCCCCCCCCOc1ccc(OC(=O)c2ccc(O)cc2)c(C(=O)Oc2ccccc2)c1. The predicted molar refractivity (Wildman–Crippen MR) is 139 cm³/mol. The molecule has 0 saturated heterocycles. The lowest BCUT2D eigenvalue weighted by molar-refractivity contribution is 0.0706. The largest absolute Gasteiger partial charge is 0.508 e. The highest BCUT2D eigenvalue weighted by atomic mass is 16.6. The van der Waals surface area contributed by atoms with Crippen molar-refractivity contribution in [2.24, 2.45) is 0 Å². The summed E-state index contributed by atoms with van der Waals surface area (Å²) in [6, 6.07) is 19.1. The third-order valence-electron chi connectivity index (χ3n) is 5.70. The van der Waals surface area contributed by atoms with Gasteiger partial charge in [-0.15, -0.1) is 0 Å². The third-order valence-corrected chi connectivity index (χ3v) is 5.70. The molecule has 0 unspecified atom stereocenters. The molecule has 3 aromatic rings. The first-order valence-corrected chi connectivity index (χ1v) is 12.6. The Balaban J connectivity index is 1.64. The molecule has 0 aromatic heterocycles. The summed E-state index contributed by atoms with van der Waals surface area (Å²) in [6.07, 6.45) is 9.60. The number of aromatic hydroxyl groups is 1. The maximum absolute atomic E-state index is 13.0. The fraction of sp³-hybridized carbons (Fsp3) is 0.333. The van der Waals surface area contributed by atoms with Crippen molar-refractivity contribution < 1.29 is 28.9 Å². The molecule has 0 radical (unpaired) electrons. The van der Waals surface area contributed by atoms with E-state index in [0.29, 0.717) is 18.1 Å². The fourth-order valence-electron chi connectivity index (χ4n) is 3.68. The summed E-state index contributed by atoms with van der Waals surface area (Å²) in [7, 11) is 0. The minimum Gasteiger partial charge on any atom is -0.508 e. The highest BCUT2D eigenvalue weighted by Crippen LogP contribution is 2.27. The van der Waals surface area contributed by atoms with Gasteiger partial charge in [0.15, 0.2) is 0 Å². The number of hydrogen-bond acceptors (Lipinski definition) is 6. The number of carbonyl (C=O) groups excluding carboxylic acids is 2. The third kappa shape index (κ3) is 8.77. The lowest BCUT2D eigenvalue weighted by atomic mass is 10.1. The van der Waals surface area contributed by atoms with Gasteiger partial charge in [-0.25, -0.2) is 9.59 Å². The second kappa shape index (κ2) is 14.6. The van der Waals surface area contributed by atoms with E-state index in [0.717, 1.165) is 12.8 Å². The molecular formula is C30H34O6. The molecule has 190 valence electrons. The molecule has 3 aromatic carbocycles. The van der Waals surface area contributed by atoms with Crippen molar-refractivity contribution in [1.29, 1.82) is 0 Å². The molecule has 0 bridgehead atoms. The molecule has 0 aliphatic heterocycles. The second-order valence-electron chi connectivity index (χ2n) is 8.62. The zero-order valence-electron chi connectivity index (χ0n) is 20.8. The van der Waals surface area contributed by atoms with Crippen LogP contribution in [0.4, 0.5) is 0 Å². The van der Waals surface area contributed by atoms with Gasteiger partial charge in [0.1, 0.15) is 28.6 Å². The minimum atomic E-state index is -0.660. The molecule has 0 spiro atoms. The van der Waals surface area contributed by atoms with Gasteiger partial charge in [-0.1, -0.05) is 70.1 Å². The van der Waals surface area contributed by atoms with Crippen LogP contribution in [0.15, 0.2) is 72.8 Å². The minimum absolute atomic E-state index is 0.0386. The van der Waals surface area contributed by atoms with Crippen molar-refractivity contribution in [2.45, 2.75) is 58.3 Å². The molecule has 6 nitrogen and oxygen atoms in total. The normalized spacial score (nSPS) is 10.6. The van der Waals surface area contributed by atoms with E-state index in [2.05, 4.69) is 6.92 Å². The Morgan fingerprint density at radius 1 is 0.694 bits per heavy atom. The Morgan fingerprint density at radius 3 is 2.06 bits per heavy atom. The summed E-state index contributed by atoms with van der Waals surface area (Å²) >= 11 is 0. The Bertz CT molecular complexity index is 1090. The van der Waals surface area contributed by atoms with Gasteiger partial charge in [0.25, 0.3) is 0 Å². The molecule has 1 N–H and O–H groups in total.